The first-order valence-corrected chi connectivity index (χ1v) is 6.18. The normalized spacial score (nSPS) is 15.6. The Morgan fingerprint density at radius 2 is 2.17 bits per heavy atom. The van der Waals surface area contributed by atoms with E-state index in [1.165, 1.54) is 19.3 Å². The molecular formula is C11H22S. The second-order valence-electron chi connectivity index (χ2n) is 3.42. The number of thioether (sulfide) groups is 1. The van der Waals surface area contributed by atoms with Crippen LogP contribution in [0.5, 0.6) is 0 Å². The van der Waals surface area contributed by atoms with Gasteiger partial charge >= 0.3 is 0 Å². The fourth-order valence-electron chi connectivity index (χ4n) is 1.45. The van der Waals surface area contributed by atoms with E-state index in [1.54, 1.807) is 0 Å². The van der Waals surface area contributed by atoms with E-state index in [9.17, 15) is 0 Å². The van der Waals surface area contributed by atoms with E-state index in [0.29, 0.717) is 0 Å². The van der Waals surface area contributed by atoms with Gasteiger partial charge in [0.1, 0.15) is 0 Å². The van der Waals surface area contributed by atoms with Crippen LogP contribution in [0.2, 0.25) is 0 Å². The molecule has 0 aromatic carbocycles. The number of hydrogen-bond acceptors (Lipinski definition) is 1. The van der Waals surface area contributed by atoms with Crippen molar-refractivity contribution in [2.75, 3.05) is 6.26 Å². The number of allylic oxidation sites excluding steroid dienone is 1. The quantitative estimate of drug-likeness (QED) is 0.539. The van der Waals surface area contributed by atoms with Crippen molar-refractivity contribution < 1.29 is 0 Å². The molecular weight excluding hydrogens is 164 g/mol. The summed E-state index contributed by atoms with van der Waals surface area (Å²) in [6.45, 7) is 8.38. The van der Waals surface area contributed by atoms with E-state index in [2.05, 4.69) is 26.7 Å². The lowest BCUT2D eigenvalue weighted by Crippen LogP contribution is -2.13. The third-order valence-corrected chi connectivity index (χ3v) is 3.62. The molecule has 0 heterocycles. The minimum Gasteiger partial charge on any atom is -0.162 e. The Morgan fingerprint density at radius 1 is 1.50 bits per heavy atom. The van der Waals surface area contributed by atoms with Crippen LogP contribution < -0.4 is 0 Å². The Kier molecular flexibility index (Phi) is 7.78. The van der Waals surface area contributed by atoms with Crippen molar-refractivity contribution in [1.82, 2.24) is 0 Å². The van der Waals surface area contributed by atoms with E-state index in [4.69, 9.17) is 0 Å². The summed E-state index contributed by atoms with van der Waals surface area (Å²) in [6.07, 6.45) is 9.48. The maximum absolute atomic E-state index is 3.79. The average Bonchev–Trinajstić information content (AvgIpc) is 2.06. The molecule has 0 saturated heterocycles. The second-order valence-corrected chi connectivity index (χ2v) is 4.49. The van der Waals surface area contributed by atoms with Gasteiger partial charge in [0.25, 0.3) is 0 Å². The topological polar surface area (TPSA) is 0 Å². The van der Waals surface area contributed by atoms with E-state index in [0.717, 1.165) is 17.6 Å². The summed E-state index contributed by atoms with van der Waals surface area (Å²) >= 11 is 2.01. The Labute approximate surface area is 81.8 Å². The van der Waals surface area contributed by atoms with Crippen molar-refractivity contribution in [3.05, 3.63) is 12.7 Å². The van der Waals surface area contributed by atoms with Crippen molar-refractivity contribution >= 4 is 11.8 Å². The molecule has 72 valence electrons. The highest BCUT2D eigenvalue weighted by Gasteiger charge is 2.13. The van der Waals surface area contributed by atoms with Crippen LogP contribution in [0.15, 0.2) is 12.7 Å². The van der Waals surface area contributed by atoms with Crippen LogP contribution in [0.1, 0.15) is 39.5 Å². The molecule has 0 aliphatic rings. The summed E-state index contributed by atoms with van der Waals surface area (Å²) < 4.78 is 0. The molecule has 0 saturated carbocycles. The van der Waals surface area contributed by atoms with E-state index < -0.39 is 0 Å². The van der Waals surface area contributed by atoms with Crippen LogP contribution in [0.25, 0.3) is 0 Å². The lowest BCUT2D eigenvalue weighted by Gasteiger charge is -2.20. The minimum absolute atomic E-state index is 0.795. The first-order chi connectivity index (χ1) is 5.76. The molecule has 0 amide bonds. The lowest BCUT2D eigenvalue weighted by atomic mass is 9.99. The van der Waals surface area contributed by atoms with Gasteiger partial charge in [0, 0.05) is 5.25 Å². The largest absolute Gasteiger partial charge is 0.162 e. The molecule has 0 bridgehead atoms. The van der Waals surface area contributed by atoms with Gasteiger partial charge < -0.3 is 0 Å². The molecule has 0 radical (unpaired) electrons. The molecule has 0 aliphatic heterocycles. The van der Waals surface area contributed by atoms with E-state index in [-0.39, 0.29) is 0 Å². The van der Waals surface area contributed by atoms with Gasteiger partial charge in [-0.1, -0.05) is 32.8 Å². The SMILES string of the molecule is C=CC[C@H](C)[C@H](CCCC)SC. The highest BCUT2D eigenvalue weighted by molar-refractivity contribution is 7.99. The molecule has 0 aliphatic carbocycles. The zero-order chi connectivity index (χ0) is 9.40. The van der Waals surface area contributed by atoms with Crippen LogP contribution in [0.3, 0.4) is 0 Å². The summed E-state index contributed by atoms with van der Waals surface area (Å²) in [5.41, 5.74) is 0. The predicted molar refractivity (Wildman–Crippen MR) is 60.8 cm³/mol. The summed E-state index contributed by atoms with van der Waals surface area (Å²) in [7, 11) is 0. The standard InChI is InChI=1S/C11H22S/c1-5-7-9-11(12-4)10(3)8-6-2/h6,10-11H,2,5,7-9H2,1,3-4H3/t10-,11-/m0/s1. The van der Waals surface area contributed by atoms with Gasteiger partial charge in [-0.25, -0.2) is 0 Å². The summed E-state index contributed by atoms with van der Waals surface area (Å²) in [5.74, 6) is 0.795. The molecule has 0 rings (SSSR count). The molecule has 12 heavy (non-hydrogen) atoms. The number of unbranched alkanes of at least 4 members (excludes halogenated alkanes) is 1. The summed E-state index contributed by atoms with van der Waals surface area (Å²) in [6, 6.07) is 0. The average molecular weight is 186 g/mol. The molecule has 0 N–H and O–H groups in total. The Balaban J connectivity index is 3.69. The molecule has 0 fully saturated rings. The van der Waals surface area contributed by atoms with E-state index in [1.807, 2.05) is 17.8 Å². The van der Waals surface area contributed by atoms with Gasteiger partial charge in [-0.3, -0.25) is 0 Å². The van der Waals surface area contributed by atoms with Crippen molar-refractivity contribution in [3.8, 4) is 0 Å². The van der Waals surface area contributed by atoms with Gasteiger partial charge in [0.05, 0.1) is 0 Å². The molecule has 0 nitrogen and oxygen atoms in total. The number of hydrogen-bond donors (Lipinski definition) is 0. The molecule has 0 unspecified atom stereocenters. The Hall–Kier alpha value is 0.0900. The smallest absolute Gasteiger partial charge is 0.00728 e. The zero-order valence-corrected chi connectivity index (χ0v) is 9.49. The van der Waals surface area contributed by atoms with Gasteiger partial charge in [-0.05, 0) is 25.0 Å². The Morgan fingerprint density at radius 3 is 2.58 bits per heavy atom. The lowest BCUT2D eigenvalue weighted by molar-refractivity contribution is 0.517. The van der Waals surface area contributed by atoms with Crippen molar-refractivity contribution in [2.24, 2.45) is 5.92 Å². The first kappa shape index (κ1) is 12.1. The molecule has 0 spiro atoms. The summed E-state index contributed by atoms with van der Waals surface area (Å²) in [5, 5.41) is 0.836. The van der Waals surface area contributed by atoms with Crippen LogP contribution in [-0.2, 0) is 0 Å². The molecule has 1 heteroatoms. The number of rotatable bonds is 7. The maximum Gasteiger partial charge on any atom is 0.00728 e. The van der Waals surface area contributed by atoms with E-state index >= 15 is 0 Å². The summed E-state index contributed by atoms with van der Waals surface area (Å²) in [4.78, 5) is 0. The molecule has 0 aromatic rings. The molecule has 2 atom stereocenters. The van der Waals surface area contributed by atoms with Gasteiger partial charge in [-0.2, -0.15) is 11.8 Å². The maximum atomic E-state index is 3.79. The third kappa shape index (κ3) is 4.87. The highest BCUT2D eigenvalue weighted by Crippen LogP contribution is 2.25. The van der Waals surface area contributed by atoms with Crippen molar-refractivity contribution in [2.45, 2.75) is 44.8 Å². The second kappa shape index (κ2) is 7.72. The van der Waals surface area contributed by atoms with Gasteiger partial charge in [-0.15, -0.1) is 6.58 Å². The van der Waals surface area contributed by atoms with Crippen LogP contribution >= 0.6 is 11.8 Å². The monoisotopic (exact) mass is 186 g/mol. The fourth-order valence-corrected chi connectivity index (χ4v) is 2.43. The zero-order valence-electron chi connectivity index (χ0n) is 8.68. The fraction of sp³-hybridized carbons (Fsp3) is 0.818. The highest BCUT2D eigenvalue weighted by atomic mass is 32.2. The van der Waals surface area contributed by atoms with Crippen molar-refractivity contribution in [3.63, 3.8) is 0 Å². The first-order valence-electron chi connectivity index (χ1n) is 4.89. The Bertz CT molecular complexity index is 110. The van der Waals surface area contributed by atoms with Crippen LogP contribution in [0.4, 0.5) is 0 Å². The minimum atomic E-state index is 0.795. The third-order valence-electron chi connectivity index (χ3n) is 2.32. The molecule has 0 aromatic heterocycles. The predicted octanol–water partition coefficient (Wildman–Crippen LogP) is 4.12. The van der Waals surface area contributed by atoms with Crippen LogP contribution in [-0.4, -0.2) is 11.5 Å². The van der Waals surface area contributed by atoms with Gasteiger partial charge in [0.15, 0.2) is 0 Å². The van der Waals surface area contributed by atoms with Crippen molar-refractivity contribution in [1.29, 1.82) is 0 Å². The van der Waals surface area contributed by atoms with Crippen LogP contribution in [0, 0.1) is 5.92 Å². The van der Waals surface area contributed by atoms with Gasteiger partial charge in [0.2, 0.25) is 0 Å².